The lowest BCUT2D eigenvalue weighted by Gasteiger charge is -2.36. The molecule has 1 aromatic heterocycles. The molecule has 1 saturated heterocycles. The number of methoxy groups -OCH3 is 2. The zero-order valence-electron chi connectivity index (χ0n) is 19.2. The number of nitrogens with one attached hydrogen (secondary N) is 1. The van der Waals surface area contributed by atoms with Crippen LogP contribution in [0.5, 0.6) is 11.5 Å². The van der Waals surface area contributed by atoms with E-state index < -0.39 is 5.41 Å². The number of hydrogen-bond acceptors (Lipinski definition) is 5. The molecule has 1 aliphatic rings. The number of nitrogens with zero attached hydrogens (tertiary/aromatic N) is 1. The van der Waals surface area contributed by atoms with E-state index in [4.69, 9.17) is 14.2 Å². The quantitative estimate of drug-likeness (QED) is 0.555. The van der Waals surface area contributed by atoms with Crippen LogP contribution in [0, 0.1) is 5.41 Å². The Bertz CT molecular complexity index is 1080. The van der Waals surface area contributed by atoms with Gasteiger partial charge in [-0.25, -0.2) is 0 Å². The van der Waals surface area contributed by atoms with Crippen molar-refractivity contribution >= 4 is 5.91 Å². The highest BCUT2D eigenvalue weighted by Crippen LogP contribution is 2.36. The van der Waals surface area contributed by atoms with Gasteiger partial charge in [-0.2, -0.15) is 0 Å². The zero-order chi connectivity index (χ0) is 23.1. The Morgan fingerprint density at radius 2 is 1.70 bits per heavy atom. The van der Waals surface area contributed by atoms with Crippen molar-refractivity contribution in [3.8, 4) is 22.6 Å². The number of amides is 1. The monoisotopic (exact) mass is 446 g/mol. The summed E-state index contributed by atoms with van der Waals surface area (Å²) in [6.45, 7) is 1.61. The minimum atomic E-state index is -0.494. The molecule has 1 aliphatic heterocycles. The van der Waals surface area contributed by atoms with Crippen LogP contribution in [0.1, 0.15) is 24.0 Å². The molecule has 33 heavy (non-hydrogen) atoms. The van der Waals surface area contributed by atoms with Crippen LogP contribution in [0.3, 0.4) is 0 Å². The smallest absolute Gasteiger partial charge is 0.226 e. The van der Waals surface area contributed by atoms with E-state index in [1.807, 2.05) is 30.3 Å². The van der Waals surface area contributed by atoms with Crippen molar-refractivity contribution < 1.29 is 19.0 Å². The maximum atomic E-state index is 13.5. The summed E-state index contributed by atoms with van der Waals surface area (Å²) < 4.78 is 16.3. The van der Waals surface area contributed by atoms with Crippen molar-refractivity contribution in [3.63, 3.8) is 0 Å². The predicted octanol–water partition coefficient (Wildman–Crippen LogP) is 4.42. The predicted molar refractivity (Wildman–Crippen MR) is 127 cm³/mol. The van der Waals surface area contributed by atoms with Crippen LogP contribution in [-0.2, 0) is 22.5 Å². The molecule has 0 unspecified atom stereocenters. The van der Waals surface area contributed by atoms with E-state index in [-0.39, 0.29) is 5.91 Å². The zero-order valence-corrected chi connectivity index (χ0v) is 19.2. The molecule has 0 aliphatic carbocycles. The summed E-state index contributed by atoms with van der Waals surface area (Å²) in [5, 5.41) is 3.17. The van der Waals surface area contributed by atoms with E-state index in [1.165, 1.54) is 0 Å². The summed E-state index contributed by atoms with van der Waals surface area (Å²) in [6, 6.07) is 18.1. The van der Waals surface area contributed by atoms with Crippen molar-refractivity contribution in [1.29, 1.82) is 0 Å². The minimum absolute atomic E-state index is 0.0647. The molecule has 0 saturated carbocycles. The van der Waals surface area contributed by atoms with Crippen LogP contribution >= 0.6 is 0 Å². The number of ether oxygens (including phenoxy) is 3. The number of carbonyl (C=O) groups excluding carboxylic acids is 1. The Balaban J connectivity index is 1.51. The molecule has 0 radical (unpaired) electrons. The Hall–Kier alpha value is -3.38. The molecule has 3 aromatic rings. The number of pyridine rings is 1. The normalized spacial score (nSPS) is 15.0. The summed E-state index contributed by atoms with van der Waals surface area (Å²) in [5.41, 5.74) is 3.86. The number of aromatic nitrogens is 1. The van der Waals surface area contributed by atoms with Crippen LogP contribution < -0.4 is 14.8 Å². The second-order valence-corrected chi connectivity index (χ2v) is 8.38. The van der Waals surface area contributed by atoms with E-state index in [1.54, 1.807) is 26.6 Å². The first-order valence-electron chi connectivity index (χ1n) is 11.2. The molecule has 0 atom stereocenters. The molecule has 0 spiro atoms. The van der Waals surface area contributed by atoms with Crippen LogP contribution in [0.15, 0.2) is 67.0 Å². The van der Waals surface area contributed by atoms with Crippen LogP contribution in [0.25, 0.3) is 11.1 Å². The van der Waals surface area contributed by atoms with Crippen molar-refractivity contribution in [2.75, 3.05) is 27.4 Å². The fourth-order valence-corrected chi connectivity index (χ4v) is 4.40. The second kappa shape index (κ2) is 10.5. The van der Waals surface area contributed by atoms with E-state index in [0.29, 0.717) is 50.5 Å². The van der Waals surface area contributed by atoms with E-state index in [0.717, 1.165) is 22.3 Å². The Kier molecular flexibility index (Phi) is 7.25. The molecule has 6 nitrogen and oxygen atoms in total. The van der Waals surface area contributed by atoms with Crippen LogP contribution in [-0.4, -0.2) is 38.3 Å². The maximum absolute atomic E-state index is 13.5. The number of hydrogen-bond donors (Lipinski definition) is 1. The van der Waals surface area contributed by atoms with Crippen molar-refractivity contribution in [2.45, 2.75) is 25.8 Å². The third-order valence-corrected chi connectivity index (χ3v) is 6.32. The molecule has 4 rings (SSSR count). The van der Waals surface area contributed by atoms with E-state index >= 15 is 0 Å². The average Bonchev–Trinajstić information content (AvgIpc) is 2.88. The van der Waals surface area contributed by atoms with Gasteiger partial charge in [0.05, 0.1) is 19.6 Å². The van der Waals surface area contributed by atoms with Gasteiger partial charge in [0.1, 0.15) is 0 Å². The molecular formula is C27H30N2O4. The highest BCUT2D eigenvalue weighted by atomic mass is 16.5. The Morgan fingerprint density at radius 3 is 2.42 bits per heavy atom. The summed E-state index contributed by atoms with van der Waals surface area (Å²) in [7, 11) is 3.22. The third-order valence-electron chi connectivity index (χ3n) is 6.32. The topological polar surface area (TPSA) is 69.7 Å². The fourth-order valence-electron chi connectivity index (χ4n) is 4.40. The molecular weight excluding hydrogens is 416 g/mol. The minimum Gasteiger partial charge on any atom is -0.493 e. The summed E-state index contributed by atoms with van der Waals surface area (Å²) in [6.07, 6.45) is 5.66. The Labute approximate surface area is 194 Å². The van der Waals surface area contributed by atoms with Gasteiger partial charge in [0.15, 0.2) is 11.5 Å². The first-order valence-corrected chi connectivity index (χ1v) is 11.2. The van der Waals surface area contributed by atoms with Gasteiger partial charge in [-0.05, 0) is 65.8 Å². The molecule has 2 heterocycles. The molecule has 172 valence electrons. The first-order chi connectivity index (χ1) is 16.1. The van der Waals surface area contributed by atoms with Crippen molar-refractivity contribution in [1.82, 2.24) is 10.3 Å². The molecule has 2 aromatic carbocycles. The van der Waals surface area contributed by atoms with Gasteiger partial charge in [0.2, 0.25) is 5.91 Å². The van der Waals surface area contributed by atoms with Gasteiger partial charge in [-0.15, -0.1) is 0 Å². The van der Waals surface area contributed by atoms with Gasteiger partial charge in [0.25, 0.3) is 0 Å². The summed E-state index contributed by atoms with van der Waals surface area (Å²) >= 11 is 0. The lowest BCUT2D eigenvalue weighted by Crippen LogP contribution is -2.45. The van der Waals surface area contributed by atoms with Crippen molar-refractivity contribution in [3.05, 3.63) is 78.1 Å². The SMILES string of the molecule is COc1ccc(CNC(=O)C2(Cc3cccc(-c4ccncc4)c3)CCOCC2)cc1OC. The maximum Gasteiger partial charge on any atom is 0.226 e. The lowest BCUT2D eigenvalue weighted by molar-refractivity contribution is -0.136. The summed E-state index contributed by atoms with van der Waals surface area (Å²) in [5.74, 6) is 1.38. The van der Waals surface area contributed by atoms with E-state index in [2.05, 4.69) is 34.6 Å². The van der Waals surface area contributed by atoms with Gasteiger partial charge in [-0.3, -0.25) is 9.78 Å². The number of carbonyl (C=O) groups is 1. The Morgan fingerprint density at radius 1 is 0.939 bits per heavy atom. The number of rotatable bonds is 8. The summed E-state index contributed by atoms with van der Waals surface area (Å²) in [4.78, 5) is 17.6. The molecule has 1 N–H and O–H groups in total. The standard InChI is InChI=1S/C27H30N2O4/c1-31-24-7-6-21(17-25(24)32-2)19-29-26(30)27(10-14-33-15-11-27)18-20-4-3-5-23(16-20)22-8-12-28-13-9-22/h3-9,12-13,16-17H,10-11,14-15,18-19H2,1-2H3,(H,29,30). The largest absolute Gasteiger partial charge is 0.493 e. The van der Waals surface area contributed by atoms with Crippen molar-refractivity contribution in [2.24, 2.45) is 5.41 Å². The van der Waals surface area contributed by atoms with E-state index in [9.17, 15) is 4.79 Å². The molecule has 6 heteroatoms. The third kappa shape index (κ3) is 5.34. The first kappa shape index (κ1) is 22.8. The lowest BCUT2D eigenvalue weighted by atomic mass is 9.74. The molecule has 1 fully saturated rings. The fraction of sp³-hybridized carbons (Fsp3) is 0.333. The molecule has 0 bridgehead atoms. The highest BCUT2D eigenvalue weighted by molar-refractivity contribution is 5.83. The van der Waals surface area contributed by atoms with Gasteiger partial charge >= 0.3 is 0 Å². The van der Waals surface area contributed by atoms with Crippen LogP contribution in [0.2, 0.25) is 0 Å². The highest BCUT2D eigenvalue weighted by Gasteiger charge is 2.40. The van der Waals surface area contributed by atoms with Gasteiger partial charge in [-0.1, -0.05) is 30.3 Å². The number of benzene rings is 2. The second-order valence-electron chi connectivity index (χ2n) is 8.38. The average molecular weight is 447 g/mol. The molecule has 1 amide bonds. The van der Waals surface area contributed by atoms with Gasteiger partial charge < -0.3 is 19.5 Å². The van der Waals surface area contributed by atoms with Gasteiger partial charge in [0, 0.05) is 32.2 Å². The van der Waals surface area contributed by atoms with Crippen LogP contribution in [0.4, 0.5) is 0 Å².